The molecule has 5 nitrogen and oxygen atoms in total. The molecule has 0 radical (unpaired) electrons. The van der Waals surface area contributed by atoms with Crippen LogP contribution in [0.3, 0.4) is 0 Å². The van der Waals surface area contributed by atoms with Crippen molar-refractivity contribution in [2.24, 2.45) is 0 Å². The molecule has 0 saturated carbocycles. The maximum Gasteiger partial charge on any atom is 0.265 e. The van der Waals surface area contributed by atoms with E-state index >= 15 is 0 Å². The van der Waals surface area contributed by atoms with E-state index in [1.807, 2.05) is 43.3 Å². The quantitative estimate of drug-likeness (QED) is 0.772. The number of benzene rings is 1. The number of ether oxygens (including phenoxy) is 1. The lowest BCUT2D eigenvalue weighted by Crippen LogP contribution is -2.41. The Morgan fingerprint density at radius 3 is 2.84 bits per heavy atom. The summed E-state index contributed by atoms with van der Waals surface area (Å²) in [6.07, 6.45) is 0.271. The number of rotatable bonds is 6. The first-order valence-electron chi connectivity index (χ1n) is 8.12. The van der Waals surface area contributed by atoms with Gasteiger partial charge >= 0.3 is 0 Å². The lowest BCUT2D eigenvalue weighted by Gasteiger charge is -2.30. The third-order valence-electron chi connectivity index (χ3n) is 4.07. The third kappa shape index (κ3) is 4.14. The Kier molecular flexibility index (Phi) is 5.60. The summed E-state index contributed by atoms with van der Waals surface area (Å²) in [5, 5.41) is 0. The molecule has 0 bridgehead atoms. The van der Waals surface area contributed by atoms with Crippen LogP contribution in [0.5, 0.6) is 5.75 Å². The van der Waals surface area contributed by atoms with Crippen molar-refractivity contribution in [3.8, 4) is 5.75 Å². The van der Waals surface area contributed by atoms with E-state index in [9.17, 15) is 9.59 Å². The summed E-state index contributed by atoms with van der Waals surface area (Å²) >= 11 is 7.43. The van der Waals surface area contributed by atoms with Gasteiger partial charge in [-0.05, 0) is 31.2 Å². The van der Waals surface area contributed by atoms with Gasteiger partial charge in [0.05, 0.1) is 16.6 Å². The monoisotopic (exact) mass is 378 g/mol. The highest BCUT2D eigenvalue weighted by Crippen LogP contribution is 2.31. The second kappa shape index (κ2) is 7.89. The largest absolute Gasteiger partial charge is 0.482 e. The van der Waals surface area contributed by atoms with Gasteiger partial charge in [0.1, 0.15) is 5.75 Å². The number of nitrogens with zero attached hydrogens (tertiary/aromatic N) is 2. The molecule has 7 heteroatoms. The van der Waals surface area contributed by atoms with Gasteiger partial charge in [0, 0.05) is 24.4 Å². The Balaban J connectivity index is 1.64. The zero-order valence-electron chi connectivity index (χ0n) is 13.9. The van der Waals surface area contributed by atoms with Crippen LogP contribution in [-0.2, 0) is 16.1 Å². The molecule has 1 aromatic carbocycles. The van der Waals surface area contributed by atoms with Gasteiger partial charge in [-0.2, -0.15) is 0 Å². The summed E-state index contributed by atoms with van der Waals surface area (Å²) in [5.74, 6) is 0.568. The van der Waals surface area contributed by atoms with Gasteiger partial charge in [-0.1, -0.05) is 23.7 Å². The van der Waals surface area contributed by atoms with Crippen molar-refractivity contribution in [3.05, 3.63) is 45.6 Å². The summed E-state index contributed by atoms with van der Waals surface area (Å²) < 4.78 is 6.14. The molecule has 0 fully saturated rings. The molecule has 0 spiro atoms. The Morgan fingerprint density at radius 2 is 2.12 bits per heavy atom. The van der Waals surface area contributed by atoms with E-state index in [0.717, 1.165) is 10.6 Å². The van der Waals surface area contributed by atoms with Gasteiger partial charge in [0.15, 0.2) is 6.61 Å². The van der Waals surface area contributed by atoms with Crippen molar-refractivity contribution in [2.45, 2.75) is 19.9 Å². The van der Waals surface area contributed by atoms with E-state index < -0.39 is 0 Å². The molecule has 2 aromatic rings. The van der Waals surface area contributed by atoms with Gasteiger partial charge in [-0.3, -0.25) is 9.59 Å². The van der Waals surface area contributed by atoms with Crippen molar-refractivity contribution in [3.63, 3.8) is 0 Å². The van der Waals surface area contributed by atoms with Crippen LogP contribution in [0.15, 0.2) is 36.4 Å². The second-order valence-corrected chi connectivity index (χ2v) is 7.47. The first-order chi connectivity index (χ1) is 12.1. The fraction of sp³-hybridized carbons (Fsp3) is 0.333. The zero-order valence-corrected chi connectivity index (χ0v) is 15.5. The second-order valence-electron chi connectivity index (χ2n) is 5.67. The number of amides is 2. The van der Waals surface area contributed by atoms with Crippen LogP contribution in [0.2, 0.25) is 4.34 Å². The molecule has 2 amide bonds. The van der Waals surface area contributed by atoms with Crippen molar-refractivity contribution in [1.29, 1.82) is 0 Å². The molecule has 3 rings (SSSR count). The number of thiophene rings is 1. The fourth-order valence-corrected chi connectivity index (χ4v) is 3.87. The maximum atomic E-state index is 12.6. The number of anilines is 1. The summed E-state index contributed by atoms with van der Waals surface area (Å²) in [5.41, 5.74) is 0.722. The number of hydrogen-bond acceptors (Lipinski definition) is 4. The SMILES string of the molecule is CCN(Cc1ccc(Cl)s1)C(=O)CCN1C(=O)COc2ccccc21. The van der Waals surface area contributed by atoms with Gasteiger partial charge in [-0.25, -0.2) is 0 Å². The topological polar surface area (TPSA) is 49.9 Å². The average molecular weight is 379 g/mol. The van der Waals surface area contributed by atoms with Gasteiger partial charge < -0.3 is 14.5 Å². The van der Waals surface area contributed by atoms with Gasteiger partial charge in [0.25, 0.3) is 5.91 Å². The molecule has 132 valence electrons. The Hall–Kier alpha value is -2.05. The number of halogens is 1. The van der Waals surface area contributed by atoms with E-state index in [-0.39, 0.29) is 24.8 Å². The summed E-state index contributed by atoms with van der Waals surface area (Å²) in [6.45, 7) is 3.46. The normalized spacial score (nSPS) is 13.4. The molecule has 25 heavy (non-hydrogen) atoms. The minimum Gasteiger partial charge on any atom is -0.482 e. The number of hydrogen-bond donors (Lipinski definition) is 0. The van der Waals surface area contributed by atoms with E-state index in [2.05, 4.69) is 0 Å². The highest BCUT2D eigenvalue weighted by Gasteiger charge is 2.26. The van der Waals surface area contributed by atoms with E-state index in [1.54, 1.807) is 9.80 Å². The first kappa shape index (κ1) is 17.8. The molecule has 1 aliphatic heterocycles. The van der Waals surface area contributed by atoms with Crippen molar-refractivity contribution in [2.75, 3.05) is 24.6 Å². The minimum absolute atomic E-state index is 0.0103. The molecule has 0 N–H and O–H groups in total. The standard InChI is InChI=1S/C18H19ClN2O3S/c1-2-20(11-13-7-8-16(19)25-13)17(22)9-10-21-14-5-3-4-6-15(14)24-12-18(21)23/h3-8H,2,9-12H2,1H3. The molecule has 0 unspecified atom stereocenters. The van der Waals surface area contributed by atoms with Crippen LogP contribution in [0.4, 0.5) is 5.69 Å². The lowest BCUT2D eigenvalue weighted by atomic mass is 10.2. The van der Waals surface area contributed by atoms with Crippen LogP contribution in [0, 0.1) is 0 Å². The lowest BCUT2D eigenvalue weighted by molar-refractivity contribution is -0.131. The molecule has 0 saturated heterocycles. The zero-order chi connectivity index (χ0) is 17.8. The van der Waals surface area contributed by atoms with Gasteiger partial charge in [0.2, 0.25) is 5.91 Å². The van der Waals surface area contributed by atoms with Gasteiger partial charge in [-0.15, -0.1) is 11.3 Å². The van der Waals surface area contributed by atoms with E-state index in [0.29, 0.717) is 29.7 Å². The van der Waals surface area contributed by atoms with Crippen molar-refractivity contribution >= 4 is 40.4 Å². The average Bonchev–Trinajstić information content (AvgIpc) is 3.03. The molecular weight excluding hydrogens is 360 g/mol. The number of fused-ring (bicyclic) bond motifs is 1. The number of para-hydroxylation sites is 2. The molecule has 1 aromatic heterocycles. The molecule has 0 atom stereocenters. The minimum atomic E-state index is -0.125. The molecular formula is C18H19ClN2O3S. The molecule has 2 heterocycles. The third-order valence-corrected chi connectivity index (χ3v) is 5.28. The van der Waals surface area contributed by atoms with Crippen LogP contribution < -0.4 is 9.64 Å². The Morgan fingerprint density at radius 1 is 1.32 bits per heavy atom. The van der Waals surface area contributed by atoms with Crippen LogP contribution in [0.25, 0.3) is 0 Å². The smallest absolute Gasteiger partial charge is 0.265 e. The molecule has 1 aliphatic rings. The number of carbonyl (C=O) groups is 2. The highest BCUT2D eigenvalue weighted by atomic mass is 35.5. The Labute approximate surface area is 155 Å². The fourth-order valence-electron chi connectivity index (χ4n) is 2.77. The highest BCUT2D eigenvalue weighted by molar-refractivity contribution is 7.16. The van der Waals surface area contributed by atoms with Crippen LogP contribution >= 0.6 is 22.9 Å². The van der Waals surface area contributed by atoms with E-state index in [1.165, 1.54) is 11.3 Å². The summed E-state index contributed by atoms with van der Waals surface area (Å²) in [6, 6.07) is 11.2. The summed E-state index contributed by atoms with van der Waals surface area (Å²) in [7, 11) is 0. The molecule has 0 aliphatic carbocycles. The summed E-state index contributed by atoms with van der Waals surface area (Å²) in [4.78, 5) is 29.2. The van der Waals surface area contributed by atoms with Crippen LogP contribution in [-0.4, -0.2) is 36.4 Å². The Bertz CT molecular complexity index is 777. The van der Waals surface area contributed by atoms with Crippen LogP contribution in [0.1, 0.15) is 18.2 Å². The van der Waals surface area contributed by atoms with Crippen molar-refractivity contribution in [1.82, 2.24) is 4.90 Å². The van der Waals surface area contributed by atoms with Crippen molar-refractivity contribution < 1.29 is 14.3 Å². The number of carbonyl (C=O) groups excluding carboxylic acids is 2. The first-order valence-corrected chi connectivity index (χ1v) is 9.32. The predicted molar refractivity (Wildman–Crippen MR) is 99.3 cm³/mol. The predicted octanol–water partition coefficient (Wildman–Crippen LogP) is 3.57. The van der Waals surface area contributed by atoms with E-state index in [4.69, 9.17) is 16.3 Å². The maximum absolute atomic E-state index is 12.6.